The molecule has 0 radical (unpaired) electrons. The second kappa shape index (κ2) is 21.8. The van der Waals surface area contributed by atoms with Crippen LogP contribution in [0.3, 0.4) is 0 Å². The summed E-state index contributed by atoms with van der Waals surface area (Å²) < 4.78 is 5.30. The molecule has 0 aromatic rings. The molecule has 0 saturated carbocycles. The van der Waals surface area contributed by atoms with Crippen LogP contribution in [0.25, 0.3) is 0 Å². The summed E-state index contributed by atoms with van der Waals surface area (Å²) >= 11 is 0. The molecule has 36 heavy (non-hydrogen) atoms. The molecule has 0 aromatic carbocycles. The first-order valence-corrected chi connectivity index (χ1v) is 14.0. The average molecular weight is 520 g/mol. The third kappa shape index (κ3) is 15.8. The van der Waals surface area contributed by atoms with Gasteiger partial charge in [-0.25, -0.2) is 4.79 Å². The van der Waals surface area contributed by atoms with Gasteiger partial charge >= 0.3 is 5.97 Å². The molecule has 6 N–H and O–H groups in total. The summed E-state index contributed by atoms with van der Waals surface area (Å²) in [6.07, 6.45) is 9.40. The molecule has 0 saturated heterocycles. The van der Waals surface area contributed by atoms with Gasteiger partial charge in [0.1, 0.15) is 24.4 Å². The van der Waals surface area contributed by atoms with Crippen LogP contribution in [0, 0.1) is 5.92 Å². The SMILES string of the molecule is CCCCCCCCCCCCCCCCOC(=O)C(NC(=O)C(O)C(O)C(O)C(O)CO)C(C)C. The smallest absolute Gasteiger partial charge is 0.328 e. The zero-order valence-electron chi connectivity index (χ0n) is 22.7. The highest BCUT2D eigenvalue weighted by molar-refractivity contribution is 5.87. The summed E-state index contributed by atoms with van der Waals surface area (Å²) in [5.41, 5.74) is 0. The molecular formula is C27H53NO8. The quantitative estimate of drug-likeness (QED) is 0.0888. The molecule has 0 heterocycles. The van der Waals surface area contributed by atoms with Crippen LogP contribution < -0.4 is 5.32 Å². The molecule has 214 valence electrons. The minimum atomic E-state index is -2.10. The Morgan fingerprint density at radius 2 is 1.17 bits per heavy atom. The van der Waals surface area contributed by atoms with Crippen molar-refractivity contribution in [2.45, 2.75) is 141 Å². The fourth-order valence-electron chi connectivity index (χ4n) is 3.97. The van der Waals surface area contributed by atoms with Gasteiger partial charge in [-0.1, -0.05) is 104 Å². The average Bonchev–Trinajstić information content (AvgIpc) is 2.86. The third-order valence-corrected chi connectivity index (χ3v) is 6.48. The second-order valence-electron chi connectivity index (χ2n) is 10.2. The Labute approximate surface area is 217 Å². The van der Waals surface area contributed by atoms with E-state index in [1.165, 1.54) is 70.6 Å². The summed E-state index contributed by atoms with van der Waals surface area (Å²) in [4.78, 5) is 24.7. The summed E-state index contributed by atoms with van der Waals surface area (Å²) in [7, 11) is 0. The van der Waals surface area contributed by atoms with Crippen molar-refractivity contribution in [1.29, 1.82) is 0 Å². The zero-order valence-corrected chi connectivity index (χ0v) is 22.7. The highest BCUT2D eigenvalue weighted by Crippen LogP contribution is 2.13. The number of rotatable bonds is 23. The van der Waals surface area contributed by atoms with Crippen molar-refractivity contribution in [3.63, 3.8) is 0 Å². The van der Waals surface area contributed by atoms with Gasteiger partial charge in [0.25, 0.3) is 5.91 Å². The summed E-state index contributed by atoms with van der Waals surface area (Å²) in [5, 5.41) is 50.0. The predicted octanol–water partition coefficient (Wildman–Crippen LogP) is 2.59. The molecule has 9 nitrogen and oxygen atoms in total. The maximum absolute atomic E-state index is 12.4. The lowest BCUT2D eigenvalue weighted by molar-refractivity contribution is -0.156. The number of aliphatic hydroxyl groups excluding tert-OH is 5. The van der Waals surface area contributed by atoms with Crippen molar-refractivity contribution >= 4 is 11.9 Å². The summed E-state index contributed by atoms with van der Waals surface area (Å²) in [6.45, 7) is 5.02. The van der Waals surface area contributed by atoms with Crippen molar-refractivity contribution in [2.75, 3.05) is 13.2 Å². The summed E-state index contributed by atoms with van der Waals surface area (Å²) in [5.74, 6) is -2.06. The van der Waals surface area contributed by atoms with Crippen LogP contribution in [-0.4, -0.2) is 81.1 Å². The molecule has 0 aromatic heterocycles. The number of unbranched alkanes of at least 4 members (excludes halogenated alkanes) is 13. The largest absolute Gasteiger partial charge is 0.464 e. The number of aliphatic hydroxyl groups is 5. The van der Waals surface area contributed by atoms with Crippen molar-refractivity contribution in [2.24, 2.45) is 5.92 Å². The Bertz CT molecular complexity index is 560. The molecule has 0 aliphatic rings. The number of carbonyl (C=O) groups is 2. The van der Waals surface area contributed by atoms with Crippen LogP contribution in [0.15, 0.2) is 0 Å². The number of ether oxygens (including phenoxy) is 1. The standard InChI is InChI=1S/C27H53NO8/c1-4-5-6-7-8-9-10-11-12-13-14-15-16-17-18-36-27(35)22(20(2)3)28-26(34)25(33)24(32)23(31)21(30)19-29/h20-25,29-33H,4-19H2,1-3H3,(H,28,34). The molecule has 5 atom stereocenters. The minimum absolute atomic E-state index is 0.239. The zero-order chi connectivity index (χ0) is 27.3. The number of nitrogens with one attached hydrogen (secondary N) is 1. The van der Waals surface area contributed by atoms with E-state index in [2.05, 4.69) is 12.2 Å². The highest BCUT2D eigenvalue weighted by atomic mass is 16.5. The number of amides is 1. The Balaban J connectivity index is 4.04. The lowest BCUT2D eigenvalue weighted by atomic mass is 10.0. The second-order valence-corrected chi connectivity index (χ2v) is 10.2. The van der Waals surface area contributed by atoms with Crippen LogP contribution in [0.1, 0.15) is 111 Å². The maximum Gasteiger partial charge on any atom is 0.328 e. The fraction of sp³-hybridized carbons (Fsp3) is 0.926. The molecule has 0 aliphatic carbocycles. The van der Waals surface area contributed by atoms with Crippen molar-refractivity contribution in [1.82, 2.24) is 5.32 Å². The van der Waals surface area contributed by atoms with Crippen LogP contribution >= 0.6 is 0 Å². The van der Waals surface area contributed by atoms with E-state index in [1.54, 1.807) is 13.8 Å². The number of hydrogen-bond donors (Lipinski definition) is 6. The Morgan fingerprint density at radius 3 is 1.58 bits per heavy atom. The molecule has 0 bridgehead atoms. The van der Waals surface area contributed by atoms with Crippen molar-refractivity contribution < 1.29 is 39.9 Å². The Hall–Kier alpha value is -1.26. The van der Waals surface area contributed by atoms with E-state index in [-0.39, 0.29) is 12.5 Å². The van der Waals surface area contributed by atoms with Gasteiger partial charge in [0.15, 0.2) is 6.10 Å². The highest BCUT2D eigenvalue weighted by Gasteiger charge is 2.36. The van der Waals surface area contributed by atoms with E-state index in [0.29, 0.717) is 0 Å². The fourth-order valence-corrected chi connectivity index (χ4v) is 3.97. The van der Waals surface area contributed by atoms with Gasteiger partial charge in [-0.15, -0.1) is 0 Å². The van der Waals surface area contributed by atoms with Gasteiger partial charge in [-0.2, -0.15) is 0 Å². The molecule has 9 heteroatoms. The molecular weight excluding hydrogens is 466 g/mol. The molecule has 0 fully saturated rings. The van der Waals surface area contributed by atoms with Gasteiger partial charge < -0.3 is 35.6 Å². The van der Waals surface area contributed by atoms with E-state index < -0.39 is 48.9 Å². The summed E-state index contributed by atoms with van der Waals surface area (Å²) in [6, 6.07) is -1.04. The number of hydrogen-bond acceptors (Lipinski definition) is 8. The van der Waals surface area contributed by atoms with Crippen molar-refractivity contribution in [3.05, 3.63) is 0 Å². The first-order valence-electron chi connectivity index (χ1n) is 14.0. The molecule has 5 unspecified atom stereocenters. The van der Waals surface area contributed by atoms with Crippen molar-refractivity contribution in [3.8, 4) is 0 Å². The van der Waals surface area contributed by atoms with E-state index in [1.807, 2.05) is 0 Å². The van der Waals surface area contributed by atoms with E-state index in [0.717, 1.165) is 19.3 Å². The topological polar surface area (TPSA) is 157 Å². The normalized spacial score (nSPS) is 15.8. The molecule has 0 rings (SSSR count). The van der Waals surface area contributed by atoms with E-state index in [4.69, 9.17) is 9.84 Å². The first kappa shape index (κ1) is 34.7. The van der Waals surface area contributed by atoms with Gasteiger partial charge in [0, 0.05) is 0 Å². The van der Waals surface area contributed by atoms with Crippen LogP contribution in [0.2, 0.25) is 0 Å². The number of esters is 1. The monoisotopic (exact) mass is 519 g/mol. The lowest BCUT2D eigenvalue weighted by Crippen LogP contribution is -2.55. The van der Waals surface area contributed by atoms with Crippen LogP contribution in [-0.2, 0) is 14.3 Å². The van der Waals surface area contributed by atoms with Gasteiger partial charge in [0.2, 0.25) is 0 Å². The van der Waals surface area contributed by atoms with E-state index >= 15 is 0 Å². The first-order chi connectivity index (χ1) is 17.2. The number of carbonyl (C=O) groups excluding carboxylic acids is 2. The van der Waals surface area contributed by atoms with Crippen LogP contribution in [0.4, 0.5) is 0 Å². The maximum atomic E-state index is 12.4. The molecule has 0 spiro atoms. The Morgan fingerprint density at radius 1 is 0.722 bits per heavy atom. The van der Waals surface area contributed by atoms with Gasteiger partial charge in [0.05, 0.1) is 13.2 Å². The minimum Gasteiger partial charge on any atom is -0.464 e. The van der Waals surface area contributed by atoms with E-state index in [9.17, 15) is 30.0 Å². The molecule has 0 aliphatic heterocycles. The Kier molecular flexibility index (Phi) is 21.0. The third-order valence-electron chi connectivity index (χ3n) is 6.48. The predicted molar refractivity (Wildman–Crippen MR) is 139 cm³/mol. The van der Waals surface area contributed by atoms with Gasteiger partial charge in [-0.05, 0) is 12.3 Å². The van der Waals surface area contributed by atoms with Gasteiger partial charge in [-0.3, -0.25) is 4.79 Å². The lowest BCUT2D eigenvalue weighted by Gasteiger charge is -2.27. The van der Waals surface area contributed by atoms with Crippen LogP contribution in [0.5, 0.6) is 0 Å². The molecule has 1 amide bonds.